The SMILES string of the molecule is C#CCC.CC=N/C=C(\C(C(=O)Nc1nnc(CCC/C=C\C(=C/C)CO)s1)=C(C)CC)c1c(F)cccc1OC. The maximum atomic E-state index is 15.0. The van der Waals surface area contributed by atoms with Crippen LogP contribution in [0.2, 0.25) is 0 Å². The summed E-state index contributed by atoms with van der Waals surface area (Å²) in [4.78, 5) is 17.7. The van der Waals surface area contributed by atoms with E-state index < -0.39 is 11.7 Å². The number of anilines is 1. The van der Waals surface area contributed by atoms with Gasteiger partial charge in [-0.1, -0.05) is 55.1 Å². The molecule has 7 nitrogen and oxygen atoms in total. The van der Waals surface area contributed by atoms with Gasteiger partial charge in [0.2, 0.25) is 5.13 Å². The number of carbonyl (C=O) groups excluding carboxylic acids is 1. The summed E-state index contributed by atoms with van der Waals surface area (Å²) < 4.78 is 20.4. The van der Waals surface area contributed by atoms with Crippen molar-refractivity contribution < 1.29 is 19.0 Å². The Balaban J connectivity index is 0.00000196. The number of methoxy groups -OCH3 is 1. The van der Waals surface area contributed by atoms with Crippen LogP contribution in [0.5, 0.6) is 5.75 Å². The van der Waals surface area contributed by atoms with Crippen molar-refractivity contribution in [2.45, 2.75) is 66.7 Å². The molecule has 0 saturated heterocycles. The average Bonchev–Trinajstić information content (AvgIpc) is 3.43. The van der Waals surface area contributed by atoms with Crippen LogP contribution in [0.4, 0.5) is 9.52 Å². The predicted molar refractivity (Wildman–Crippen MR) is 169 cm³/mol. The summed E-state index contributed by atoms with van der Waals surface area (Å²) in [5.74, 6) is 1.80. The molecule has 1 aromatic carbocycles. The topological polar surface area (TPSA) is 96.7 Å². The van der Waals surface area contributed by atoms with Gasteiger partial charge in [0.15, 0.2) is 0 Å². The van der Waals surface area contributed by atoms with Crippen LogP contribution >= 0.6 is 11.3 Å². The van der Waals surface area contributed by atoms with Gasteiger partial charge in [0.25, 0.3) is 5.91 Å². The van der Waals surface area contributed by atoms with E-state index in [0.29, 0.717) is 34.9 Å². The van der Waals surface area contributed by atoms with Crippen molar-refractivity contribution in [3.63, 3.8) is 0 Å². The Morgan fingerprint density at radius 3 is 2.61 bits per heavy atom. The quantitative estimate of drug-likeness (QED) is 0.0850. The number of nitrogens with one attached hydrogen (secondary N) is 1. The zero-order chi connectivity index (χ0) is 30.6. The molecule has 0 unspecified atom stereocenters. The highest BCUT2D eigenvalue weighted by Crippen LogP contribution is 2.36. The molecule has 0 aliphatic heterocycles. The molecule has 9 heteroatoms. The van der Waals surface area contributed by atoms with Gasteiger partial charge >= 0.3 is 0 Å². The number of aryl methyl sites for hydroxylation is 1. The predicted octanol–water partition coefficient (Wildman–Crippen LogP) is 7.33. The number of allylic oxidation sites excluding steroid dienone is 3. The van der Waals surface area contributed by atoms with Gasteiger partial charge in [0.1, 0.15) is 16.6 Å². The second-order valence-electron chi connectivity index (χ2n) is 8.61. The lowest BCUT2D eigenvalue weighted by molar-refractivity contribution is -0.112. The fourth-order valence-corrected chi connectivity index (χ4v) is 4.25. The van der Waals surface area contributed by atoms with Gasteiger partial charge in [-0.2, -0.15) is 0 Å². The summed E-state index contributed by atoms with van der Waals surface area (Å²) in [6.45, 7) is 9.36. The van der Waals surface area contributed by atoms with Gasteiger partial charge in [-0.25, -0.2) is 4.39 Å². The molecule has 1 aromatic heterocycles. The van der Waals surface area contributed by atoms with Crippen molar-refractivity contribution in [1.82, 2.24) is 10.2 Å². The monoisotopic (exact) mass is 580 g/mol. The van der Waals surface area contributed by atoms with Crippen LogP contribution in [-0.4, -0.2) is 41.1 Å². The molecule has 0 saturated carbocycles. The molecule has 0 radical (unpaired) electrons. The highest BCUT2D eigenvalue weighted by Gasteiger charge is 2.25. The molecule has 0 atom stereocenters. The van der Waals surface area contributed by atoms with E-state index in [2.05, 4.69) is 26.4 Å². The number of benzene rings is 1. The van der Waals surface area contributed by atoms with Crippen LogP contribution in [0.3, 0.4) is 0 Å². The van der Waals surface area contributed by atoms with Gasteiger partial charge in [0, 0.05) is 36.4 Å². The van der Waals surface area contributed by atoms with E-state index in [1.54, 1.807) is 25.3 Å². The van der Waals surface area contributed by atoms with E-state index in [1.165, 1.54) is 30.7 Å². The number of aliphatic hydroxyl groups is 1. The highest BCUT2D eigenvalue weighted by molar-refractivity contribution is 7.15. The molecule has 220 valence electrons. The molecule has 1 amide bonds. The lowest BCUT2D eigenvalue weighted by atomic mass is 9.92. The molecule has 41 heavy (non-hydrogen) atoms. The molecule has 0 aliphatic rings. The molecule has 0 aliphatic carbocycles. The third-order valence-corrected chi connectivity index (χ3v) is 6.71. The van der Waals surface area contributed by atoms with Crippen LogP contribution < -0.4 is 10.1 Å². The minimum absolute atomic E-state index is 0.0196. The molecule has 2 aromatic rings. The fourth-order valence-electron chi connectivity index (χ4n) is 3.47. The van der Waals surface area contributed by atoms with Crippen LogP contribution in [0.25, 0.3) is 5.57 Å². The number of halogens is 1. The summed E-state index contributed by atoms with van der Waals surface area (Å²) in [7, 11) is 1.46. The summed E-state index contributed by atoms with van der Waals surface area (Å²) >= 11 is 1.31. The number of unbranched alkanes of at least 4 members (excludes halogenated alkanes) is 1. The Labute approximate surface area is 247 Å². The zero-order valence-corrected chi connectivity index (χ0v) is 25.6. The summed E-state index contributed by atoms with van der Waals surface area (Å²) in [5, 5.41) is 21.5. The molecular weight excluding hydrogens is 539 g/mol. The Bertz CT molecular complexity index is 1320. The smallest absolute Gasteiger partial charge is 0.258 e. The molecule has 0 spiro atoms. The molecule has 1 heterocycles. The summed E-state index contributed by atoms with van der Waals surface area (Å²) in [6.07, 6.45) is 17.4. The van der Waals surface area contributed by atoms with Crippen molar-refractivity contribution in [2.24, 2.45) is 4.99 Å². The number of ether oxygens (including phenoxy) is 1. The first-order chi connectivity index (χ1) is 19.8. The lowest BCUT2D eigenvalue weighted by Crippen LogP contribution is -2.18. The summed E-state index contributed by atoms with van der Waals surface area (Å²) in [5.41, 5.74) is 2.44. The van der Waals surface area contributed by atoms with Crippen LogP contribution in [-0.2, 0) is 11.2 Å². The molecule has 2 rings (SSSR count). The number of amides is 1. The Morgan fingerprint density at radius 1 is 1.29 bits per heavy atom. The average molecular weight is 581 g/mol. The van der Waals surface area contributed by atoms with Crippen LogP contribution in [0.15, 0.2) is 64.3 Å². The van der Waals surface area contributed by atoms with Crippen molar-refractivity contribution in [3.05, 3.63) is 75.7 Å². The number of hydrogen-bond donors (Lipinski definition) is 2. The number of aliphatic imine (C=N–C) groups is 1. The lowest BCUT2D eigenvalue weighted by Gasteiger charge is -2.17. The standard InChI is InChI=1S/C28H35FN4O3S.C4H6/c1-6-19(4)25(21(17-30-8-3)26-22(29)14-12-15-23(26)36-5)27(35)31-28-33-32-24(37-28)16-11-9-10-13-20(7-2)18-34;1-3-4-2/h7-8,10,12-15,17,34H,6,9,11,16,18H2,1-5H3,(H,31,33,35);1H,4H2,2H3/b13-10-,20-7+,21-17+,25-19?,30-8?;. The highest BCUT2D eigenvalue weighted by atomic mass is 32.1. The maximum Gasteiger partial charge on any atom is 0.258 e. The fraction of sp³-hybridized carbons (Fsp3) is 0.375. The third-order valence-electron chi connectivity index (χ3n) is 5.81. The van der Waals surface area contributed by atoms with E-state index in [9.17, 15) is 9.90 Å². The van der Waals surface area contributed by atoms with E-state index in [-0.39, 0.29) is 12.2 Å². The zero-order valence-electron chi connectivity index (χ0n) is 24.8. The molecule has 0 bridgehead atoms. The van der Waals surface area contributed by atoms with Gasteiger partial charge in [0.05, 0.1) is 19.3 Å². The Kier molecular flexibility index (Phi) is 17.2. The number of terminal acetylenes is 1. The minimum Gasteiger partial charge on any atom is -0.496 e. The summed E-state index contributed by atoms with van der Waals surface area (Å²) in [6, 6.07) is 4.53. The third kappa shape index (κ3) is 11.6. The number of aliphatic hydroxyl groups excluding tert-OH is 1. The number of hydrogen-bond acceptors (Lipinski definition) is 7. The first kappa shape index (κ1) is 35.2. The van der Waals surface area contributed by atoms with E-state index >= 15 is 4.39 Å². The van der Waals surface area contributed by atoms with Gasteiger partial charge < -0.3 is 9.84 Å². The first-order valence-corrected chi connectivity index (χ1v) is 14.3. The second-order valence-corrected chi connectivity index (χ2v) is 9.67. The Hall–Kier alpha value is -3.87. The van der Waals surface area contributed by atoms with Crippen LogP contribution in [0.1, 0.15) is 70.9 Å². The molecule has 0 fully saturated rings. The van der Waals surface area contributed by atoms with Gasteiger partial charge in [-0.3, -0.25) is 15.1 Å². The maximum absolute atomic E-state index is 15.0. The molecular formula is C32H41FN4O3S. The largest absolute Gasteiger partial charge is 0.496 e. The first-order valence-electron chi connectivity index (χ1n) is 13.5. The van der Waals surface area contributed by atoms with Crippen molar-refractivity contribution in [1.29, 1.82) is 0 Å². The van der Waals surface area contributed by atoms with E-state index in [4.69, 9.17) is 11.2 Å². The van der Waals surface area contributed by atoms with Crippen molar-refractivity contribution in [2.75, 3.05) is 19.0 Å². The Morgan fingerprint density at radius 2 is 2.02 bits per heavy atom. The van der Waals surface area contributed by atoms with E-state index in [0.717, 1.165) is 35.4 Å². The van der Waals surface area contributed by atoms with Gasteiger partial charge in [-0.05, 0) is 57.7 Å². The van der Waals surface area contributed by atoms with Crippen molar-refractivity contribution in [3.8, 4) is 18.1 Å². The van der Waals surface area contributed by atoms with Crippen molar-refractivity contribution >= 4 is 34.2 Å². The second kappa shape index (κ2) is 20.1. The number of carbonyl (C=O) groups is 1. The minimum atomic E-state index is -0.515. The number of nitrogens with zero attached hydrogens (tertiary/aromatic N) is 3. The van der Waals surface area contributed by atoms with E-state index in [1.807, 2.05) is 45.9 Å². The van der Waals surface area contributed by atoms with Gasteiger partial charge in [-0.15, -0.1) is 22.5 Å². The normalized spacial score (nSPS) is 12.6. The molecule has 2 N–H and O–H groups in total. The number of rotatable bonds is 13. The number of aromatic nitrogens is 2. The van der Waals surface area contributed by atoms with Crippen LogP contribution in [0, 0.1) is 18.2 Å².